The van der Waals surface area contributed by atoms with Gasteiger partial charge in [-0.2, -0.15) is 0 Å². The van der Waals surface area contributed by atoms with Crippen molar-refractivity contribution in [3.05, 3.63) is 17.7 Å². The van der Waals surface area contributed by atoms with Gasteiger partial charge in [0.05, 0.1) is 4.70 Å². The van der Waals surface area contributed by atoms with Crippen molar-refractivity contribution in [3.8, 4) is 18.1 Å². The second kappa shape index (κ2) is 4.38. The average molecular weight is 272 g/mol. The van der Waals surface area contributed by atoms with Gasteiger partial charge in [-0.3, -0.25) is 0 Å². The zero-order valence-corrected chi connectivity index (χ0v) is 9.73. The van der Waals surface area contributed by atoms with Gasteiger partial charge in [0.2, 0.25) is 0 Å². The van der Waals surface area contributed by atoms with Crippen LogP contribution in [0, 0.1) is 12.3 Å². The molecule has 7 heteroatoms. The molecule has 1 heterocycles. The Morgan fingerprint density at radius 1 is 1.44 bits per heavy atom. The number of benzene rings is 1. The van der Waals surface area contributed by atoms with Crippen LogP contribution in [0.1, 0.15) is 5.56 Å². The number of rotatable bonds is 2. The fourth-order valence-electron chi connectivity index (χ4n) is 1.51. The molecule has 0 saturated heterocycles. The zero-order chi connectivity index (χ0) is 13.3. The van der Waals surface area contributed by atoms with Crippen molar-refractivity contribution in [1.82, 2.24) is 4.98 Å². The van der Waals surface area contributed by atoms with Gasteiger partial charge >= 0.3 is 6.36 Å². The predicted octanol–water partition coefficient (Wildman–Crippen LogP) is 2.95. The smallest absolute Gasteiger partial charge is 0.403 e. The van der Waals surface area contributed by atoms with Gasteiger partial charge in [0.1, 0.15) is 5.52 Å². The van der Waals surface area contributed by atoms with Crippen LogP contribution in [0.15, 0.2) is 12.1 Å². The lowest BCUT2D eigenvalue weighted by Crippen LogP contribution is -2.18. The normalized spacial score (nSPS) is 11.4. The molecule has 0 spiro atoms. The Morgan fingerprint density at radius 2 is 2.17 bits per heavy atom. The van der Waals surface area contributed by atoms with E-state index in [0.29, 0.717) is 4.70 Å². The lowest BCUT2D eigenvalue weighted by atomic mass is 10.1. The summed E-state index contributed by atoms with van der Waals surface area (Å²) in [4.78, 5) is 3.84. The van der Waals surface area contributed by atoms with Crippen molar-refractivity contribution < 1.29 is 17.9 Å². The number of aromatic nitrogens is 1. The summed E-state index contributed by atoms with van der Waals surface area (Å²) in [5, 5.41) is 0.176. The Balaban J connectivity index is 2.62. The van der Waals surface area contributed by atoms with Crippen molar-refractivity contribution in [2.75, 3.05) is 5.73 Å². The maximum atomic E-state index is 12.4. The number of terminal acetylenes is 1. The number of hydrogen-bond donors (Lipinski definition) is 1. The molecular weight excluding hydrogens is 265 g/mol. The van der Waals surface area contributed by atoms with Gasteiger partial charge in [0, 0.05) is 12.0 Å². The molecule has 0 atom stereocenters. The Morgan fingerprint density at radius 3 is 2.78 bits per heavy atom. The topological polar surface area (TPSA) is 48.1 Å². The molecule has 2 aromatic rings. The van der Waals surface area contributed by atoms with E-state index >= 15 is 0 Å². The van der Waals surface area contributed by atoms with Crippen molar-refractivity contribution in [1.29, 1.82) is 0 Å². The SMILES string of the molecule is C#CCc1ccc2sc(N)nc2c1OC(F)(F)F. The summed E-state index contributed by atoms with van der Waals surface area (Å²) in [5.74, 6) is 1.91. The first-order valence-electron chi connectivity index (χ1n) is 4.78. The molecule has 0 unspecified atom stereocenters. The highest BCUT2D eigenvalue weighted by molar-refractivity contribution is 7.22. The Hall–Kier alpha value is -1.94. The van der Waals surface area contributed by atoms with Crippen molar-refractivity contribution >= 4 is 26.7 Å². The second-order valence-corrected chi connectivity index (χ2v) is 4.44. The monoisotopic (exact) mass is 272 g/mol. The van der Waals surface area contributed by atoms with Crippen molar-refractivity contribution in [3.63, 3.8) is 0 Å². The van der Waals surface area contributed by atoms with Crippen molar-refractivity contribution in [2.24, 2.45) is 0 Å². The lowest BCUT2D eigenvalue weighted by Gasteiger charge is -2.12. The third-order valence-corrected chi connectivity index (χ3v) is 2.97. The van der Waals surface area contributed by atoms with Crippen LogP contribution in [0.4, 0.5) is 18.3 Å². The third-order valence-electron chi connectivity index (χ3n) is 2.12. The average Bonchev–Trinajstić information content (AvgIpc) is 2.61. The highest BCUT2D eigenvalue weighted by Crippen LogP contribution is 2.37. The largest absolute Gasteiger partial charge is 0.573 e. The van der Waals surface area contributed by atoms with Gasteiger partial charge in [0.15, 0.2) is 10.9 Å². The number of hydrogen-bond acceptors (Lipinski definition) is 4. The first-order valence-corrected chi connectivity index (χ1v) is 5.59. The number of thiazole rings is 1. The summed E-state index contributed by atoms with van der Waals surface area (Å²) in [5.41, 5.74) is 5.82. The van der Waals surface area contributed by atoms with E-state index in [0.717, 1.165) is 11.3 Å². The molecule has 1 aromatic carbocycles. The fraction of sp³-hybridized carbons (Fsp3) is 0.182. The third kappa shape index (κ3) is 2.49. The summed E-state index contributed by atoms with van der Waals surface area (Å²) in [7, 11) is 0. The summed E-state index contributed by atoms with van der Waals surface area (Å²) in [6.45, 7) is 0. The Bertz CT molecular complexity index is 627. The highest BCUT2D eigenvalue weighted by atomic mass is 32.1. The minimum atomic E-state index is -4.80. The van der Waals surface area contributed by atoms with Crippen molar-refractivity contribution in [2.45, 2.75) is 12.8 Å². The van der Waals surface area contributed by atoms with E-state index in [1.165, 1.54) is 6.07 Å². The molecule has 2 N–H and O–H groups in total. The molecule has 0 bridgehead atoms. The van der Waals surface area contributed by atoms with E-state index in [1.807, 2.05) is 0 Å². The summed E-state index contributed by atoms with van der Waals surface area (Å²) >= 11 is 1.09. The van der Waals surface area contributed by atoms with Crippen LogP contribution in [0.3, 0.4) is 0 Å². The quantitative estimate of drug-likeness (QED) is 0.855. The van der Waals surface area contributed by atoms with Crippen LogP contribution in [0.25, 0.3) is 10.2 Å². The molecule has 0 fully saturated rings. The number of alkyl halides is 3. The second-order valence-electron chi connectivity index (χ2n) is 3.38. The number of fused-ring (bicyclic) bond motifs is 1. The van der Waals surface area contributed by atoms with E-state index in [9.17, 15) is 13.2 Å². The van der Waals surface area contributed by atoms with E-state index in [-0.39, 0.29) is 28.4 Å². The molecule has 0 amide bonds. The van der Waals surface area contributed by atoms with Crippen LogP contribution in [0.2, 0.25) is 0 Å². The van der Waals surface area contributed by atoms with Gasteiger partial charge in [-0.25, -0.2) is 4.98 Å². The van der Waals surface area contributed by atoms with Crippen LogP contribution >= 0.6 is 11.3 Å². The lowest BCUT2D eigenvalue weighted by molar-refractivity contribution is -0.274. The minimum Gasteiger partial charge on any atom is -0.403 e. The number of nitrogens with zero attached hydrogens (tertiary/aromatic N) is 1. The summed E-state index contributed by atoms with van der Waals surface area (Å²) < 4.78 is 41.6. The van der Waals surface area contributed by atoms with E-state index < -0.39 is 6.36 Å². The van der Waals surface area contributed by atoms with Crippen LogP contribution in [-0.2, 0) is 6.42 Å². The number of nitrogens with two attached hydrogens (primary N) is 1. The molecule has 3 nitrogen and oxygen atoms in total. The van der Waals surface area contributed by atoms with Gasteiger partial charge < -0.3 is 10.5 Å². The molecule has 0 radical (unpaired) electrons. The molecule has 0 saturated carbocycles. The van der Waals surface area contributed by atoms with Gasteiger partial charge in [-0.15, -0.1) is 25.5 Å². The number of nitrogen functional groups attached to an aromatic ring is 1. The number of anilines is 1. The summed E-state index contributed by atoms with van der Waals surface area (Å²) in [6, 6.07) is 3.11. The Labute approximate surface area is 104 Å². The van der Waals surface area contributed by atoms with E-state index in [1.54, 1.807) is 6.07 Å². The molecule has 0 aliphatic carbocycles. The molecule has 1 aromatic heterocycles. The zero-order valence-electron chi connectivity index (χ0n) is 8.91. The van der Waals surface area contributed by atoms with Gasteiger partial charge in [-0.05, 0) is 6.07 Å². The Kier molecular flexibility index (Phi) is 3.05. The maximum Gasteiger partial charge on any atom is 0.573 e. The van der Waals surface area contributed by atoms with Gasteiger partial charge in [0.25, 0.3) is 0 Å². The first kappa shape index (κ1) is 12.5. The molecule has 18 heavy (non-hydrogen) atoms. The standard InChI is InChI=1S/C11H7F3N2OS/c1-2-3-6-4-5-7-8(16-10(15)18-7)9(6)17-11(12,13)14/h1,4-5H,3H2,(H2,15,16). The van der Waals surface area contributed by atoms with Crippen LogP contribution in [0.5, 0.6) is 5.75 Å². The summed E-state index contributed by atoms with van der Waals surface area (Å²) in [6.07, 6.45) is 0.344. The molecule has 0 aliphatic rings. The fourth-order valence-corrected chi connectivity index (χ4v) is 2.24. The minimum absolute atomic E-state index is 0.0266. The number of halogens is 3. The molecule has 0 aliphatic heterocycles. The predicted molar refractivity (Wildman–Crippen MR) is 63.3 cm³/mol. The molecule has 2 rings (SSSR count). The van der Waals surface area contributed by atoms with E-state index in [2.05, 4.69) is 15.6 Å². The van der Waals surface area contributed by atoms with Crippen LogP contribution in [-0.4, -0.2) is 11.3 Å². The highest BCUT2D eigenvalue weighted by Gasteiger charge is 2.33. The molecular formula is C11H7F3N2OS. The van der Waals surface area contributed by atoms with Crippen LogP contribution < -0.4 is 10.5 Å². The maximum absolute atomic E-state index is 12.4. The molecule has 94 valence electrons. The van der Waals surface area contributed by atoms with E-state index in [4.69, 9.17) is 12.2 Å². The first-order chi connectivity index (χ1) is 8.40. The van der Waals surface area contributed by atoms with Gasteiger partial charge in [-0.1, -0.05) is 17.4 Å². The number of ether oxygens (including phenoxy) is 1.